The maximum atomic E-state index is 11.5. The molecule has 112 valence electrons. The van der Waals surface area contributed by atoms with Gasteiger partial charge in [-0.05, 0) is 43.9 Å². The largest absolute Gasteiger partial charge is 0.355 e. The Morgan fingerprint density at radius 3 is 2.62 bits per heavy atom. The van der Waals surface area contributed by atoms with E-state index in [2.05, 4.69) is 15.3 Å². The lowest BCUT2D eigenvalue weighted by Crippen LogP contribution is -2.22. The number of hydrogen-bond donors (Lipinski definition) is 1. The molecule has 0 saturated carbocycles. The Bertz CT molecular complexity index is 675. The molecule has 0 spiro atoms. The summed E-state index contributed by atoms with van der Waals surface area (Å²) in [4.78, 5) is 13.6. The molecule has 2 aromatic rings. The van der Waals surface area contributed by atoms with Gasteiger partial charge in [0.2, 0.25) is 0 Å². The van der Waals surface area contributed by atoms with Gasteiger partial charge in [-0.1, -0.05) is 23.5 Å². The first-order valence-electron chi connectivity index (χ1n) is 6.53. The Labute approximate surface area is 133 Å². The van der Waals surface area contributed by atoms with Gasteiger partial charge in [0.05, 0.1) is 6.67 Å². The molecule has 5 nitrogen and oxygen atoms in total. The summed E-state index contributed by atoms with van der Waals surface area (Å²) in [6.07, 6.45) is 0. The second-order valence-electron chi connectivity index (χ2n) is 4.82. The number of hydrogen-bond acceptors (Lipinski definition) is 5. The molecule has 0 aliphatic carbocycles. The summed E-state index contributed by atoms with van der Waals surface area (Å²) in [5, 5.41) is 7.96. The number of nitrogens with one attached hydrogen (secondary N) is 1. The molecule has 0 aliphatic heterocycles. The van der Waals surface area contributed by atoms with Gasteiger partial charge in [-0.2, -0.15) is 5.10 Å². The Morgan fingerprint density at radius 1 is 1.43 bits per heavy atom. The van der Waals surface area contributed by atoms with E-state index in [-0.39, 0.29) is 5.91 Å². The van der Waals surface area contributed by atoms with E-state index < -0.39 is 0 Å². The predicted octanol–water partition coefficient (Wildman–Crippen LogP) is 2.43. The van der Waals surface area contributed by atoms with Crippen molar-refractivity contribution in [2.75, 3.05) is 14.1 Å². The van der Waals surface area contributed by atoms with Crippen molar-refractivity contribution in [3.63, 3.8) is 0 Å². The maximum Gasteiger partial charge on any atom is 0.251 e. The molecule has 21 heavy (non-hydrogen) atoms. The van der Waals surface area contributed by atoms with E-state index in [1.54, 1.807) is 7.05 Å². The third-order valence-corrected chi connectivity index (χ3v) is 4.20. The smallest absolute Gasteiger partial charge is 0.251 e. The minimum Gasteiger partial charge on any atom is -0.355 e. The quantitative estimate of drug-likeness (QED) is 0.859. The van der Waals surface area contributed by atoms with Crippen LogP contribution in [0.1, 0.15) is 20.9 Å². The maximum absolute atomic E-state index is 11.5. The highest BCUT2D eigenvalue weighted by molar-refractivity contribution is 7.73. The van der Waals surface area contributed by atoms with Gasteiger partial charge in [-0.25, -0.2) is 4.68 Å². The SMILES string of the molecule is CNC(=O)c1ccc(CN(C)Cn2nc(C)sc2=S)cc1. The number of aryl methyl sites for hydroxylation is 1. The highest BCUT2D eigenvalue weighted by Crippen LogP contribution is 2.10. The average Bonchev–Trinajstić information content (AvgIpc) is 2.76. The first-order valence-corrected chi connectivity index (χ1v) is 7.76. The van der Waals surface area contributed by atoms with Crippen molar-refractivity contribution in [1.82, 2.24) is 20.0 Å². The van der Waals surface area contributed by atoms with Crippen LogP contribution in [0, 0.1) is 10.9 Å². The number of carbonyl (C=O) groups excluding carboxylic acids is 1. The van der Waals surface area contributed by atoms with Crippen LogP contribution in [-0.2, 0) is 13.2 Å². The van der Waals surface area contributed by atoms with Crippen molar-refractivity contribution < 1.29 is 4.79 Å². The Kier molecular flexibility index (Phi) is 5.22. The number of rotatable bonds is 5. The Morgan fingerprint density at radius 2 is 2.10 bits per heavy atom. The number of benzene rings is 1. The van der Waals surface area contributed by atoms with Gasteiger partial charge in [0.25, 0.3) is 5.91 Å². The first-order chi connectivity index (χ1) is 9.99. The molecule has 1 aromatic heterocycles. The van der Waals surface area contributed by atoms with Crippen LogP contribution in [0.2, 0.25) is 0 Å². The van der Waals surface area contributed by atoms with Gasteiger partial charge < -0.3 is 5.32 Å². The van der Waals surface area contributed by atoms with Crippen LogP contribution in [0.3, 0.4) is 0 Å². The van der Waals surface area contributed by atoms with E-state index in [4.69, 9.17) is 12.2 Å². The number of amides is 1. The van der Waals surface area contributed by atoms with E-state index in [9.17, 15) is 4.79 Å². The highest BCUT2D eigenvalue weighted by atomic mass is 32.1. The lowest BCUT2D eigenvalue weighted by molar-refractivity contribution is 0.0963. The number of carbonyl (C=O) groups is 1. The molecule has 0 atom stereocenters. The molecule has 0 aliphatic rings. The van der Waals surface area contributed by atoms with Crippen LogP contribution in [0.4, 0.5) is 0 Å². The first kappa shape index (κ1) is 15.8. The van der Waals surface area contributed by atoms with Gasteiger partial charge in [-0.15, -0.1) is 0 Å². The minimum absolute atomic E-state index is 0.0702. The minimum atomic E-state index is -0.0702. The lowest BCUT2D eigenvalue weighted by Gasteiger charge is -2.16. The van der Waals surface area contributed by atoms with Crippen molar-refractivity contribution in [3.8, 4) is 0 Å². The molecular weight excluding hydrogens is 304 g/mol. The van der Waals surface area contributed by atoms with Crippen molar-refractivity contribution in [1.29, 1.82) is 0 Å². The van der Waals surface area contributed by atoms with Gasteiger partial charge in [0.15, 0.2) is 3.95 Å². The average molecular weight is 322 g/mol. The number of aromatic nitrogens is 2. The van der Waals surface area contributed by atoms with Crippen LogP contribution < -0.4 is 5.32 Å². The van der Waals surface area contributed by atoms with Crippen LogP contribution >= 0.6 is 23.6 Å². The summed E-state index contributed by atoms with van der Waals surface area (Å²) >= 11 is 6.78. The summed E-state index contributed by atoms with van der Waals surface area (Å²) in [6.45, 7) is 3.38. The standard InChI is InChI=1S/C14H18N4OS2/c1-10-16-18(14(20)21-10)9-17(3)8-11-4-6-12(7-5-11)13(19)15-2/h4-7H,8-9H2,1-3H3,(H,15,19). The van der Waals surface area contributed by atoms with Crippen molar-refractivity contribution in [2.45, 2.75) is 20.1 Å². The van der Waals surface area contributed by atoms with Crippen molar-refractivity contribution >= 4 is 29.5 Å². The van der Waals surface area contributed by atoms with Gasteiger partial charge >= 0.3 is 0 Å². The lowest BCUT2D eigenvalue weighted by atomic mass is 10.1. The molecular formula is C14H18N4OS2. The van der Waals surface area contributed by atoms with Crippen LogP contribution in [-0.4, -0.2) is 34.7 Å². The van der Waals surface area contributed by atoms with Crippen molar-refractivity contribution in [3.05, 3.63) is 44.4 Å². The van der Waals surface area contributed by atoms with Crippen molar-refractivity contribution in [2.24, 2.45) is 0 Å². The summed E-state index contributed by atoms with van der Waals surface area (Å²) in [5.41, 5.74) is 1.81. The molecule has 0 radical (unpaired) electrons. The Hall–Kier alpha value is -1.57. The molecule has 0 bridgehead atoms. The van der Waals surface area contributed by atoms with Gasteiger partial charge in [0.1, 0.15) is 5.01 Å². The third-order valence-electron chi connectivity index (χ3n) is 2.98. The zero-order valence-electron chi connectivity index (χ0n) is 12.3. The number of nitrogens with zero attached hydrogens (tertiary/aromatic N) is 3. The summed E-state index contributed by atoms with van der Waals surface area (Å²) in [7, 11) is 3.65. The fourth-order valence-electron chi connectivity index (χ4n) is 2.00. The second-order valence-corrected chi connectivity index (χ2v) is 6.64. The molecule has 1 amide bonds. The highest BCUT2D eigenvalue weighted by Gasteiger charge is 2.06. The fraction of sp³-hybridized carbons (Fsp3) is 0.357. The molecule has 0 unspecified atom stereocenters. The molecule has 2 rings (SSSR count). The van der Waals surface area contributed by atoms with E-state index >= 15 is 0 Å². The van der Waals surface area contributed by atoms with E-state index in [1.165, 1.54) is 11.3 Å². The van der Waals surface area contributed by atoms with Crippen LogP contribution in [0.25, 0.3) is 0 Å². The summed E-state index contributed by atoms with van der Waals surface area (Å²) < 4.78 is 2.61. The fourth-order valence-corrected chi connectivity index (χ4v) is 3.05. The molecule has 0 fully saturated rings. The monoisotopic (exact) mass is 322 g/mol. The van der Waals surface area contributed by atoms with Crippen LogP contribution in [0.5, 0.6) is 0 Å². The second kappa shape index (κ2) is 6.93. The summed E-state index contributed by atoms with van der Waals surface area (Å²) in [6, 6.07) is 7.60. The van der Waals surface area contributed by atoms with E-state index in [1.807, 2.05) is 42.9 Å². The molecule has 0 saturated heterocycles. The predicted molar refractivity (Wildman–Crippen MR) is 87.0 cm³/mol. The van der Waals surface area contributed by atoms with Gasteiger partial charge in [0, 0.05) is 19.2 Å². The third kappa shape index (κ3) is 4.20. The van der Waals surface area contributed by atoms with E-state index in [0.717, 1.165) is 21.1 Å². The molecule has 1 aromatic carbocycles. The zero-order chi connectivity index (χ0) is 15.4. The molecule has 7 heteroatoms. The topological polar surface area (TPSA) is 50.2 Å². The zero-order valence-corrected chi connectivity index (χ0v) is 13.9. The normalized spacial score (nSPS) is 10.9. The molecule has 1 heterocycles. The van der Waals surface area contributed by atoms with Gasteiger partial charge in [-0.3, -0.25) is 9.69 Å². The van der Waals surface area contributed by atoms with E-state index in [0.29, 0.717) is 12.2 Å². The van der Waals surface area contributed by atoms with Crippen LogP contribution in [0.15, 0.2) is 24.3 Å². The molecule has 1 N–H and O–H groups in total. The Balaban J connectivity index is 1.99. The summed E-state index contributed by atoms with van der Waals surface area (Å²) in [5.74, 6) is -0.0702.